The van der Waals surface area contributed by atoms with Crippen LogP contribution in [0.3, 0.4) is 0 Å². The van der Waals surface area contributed by atoms with Crippen molar-refractivity contribution in [3.63, 3.8) is 0 Å². The van der Waals surface area contributed by atoms with Crippen LogP contribution < -0.4 is 9.64 Å². The minimum Gasteiger partial charge on any atom is -0.503 e. The van der Waals surface area contributed by atoms with Gasteiger partial charge in [-0.25, -0.2) is 4.39 Å². The molecule has 0 bridgehead atoms. The number of carbonyl (C=O) groups is 2. The molecule has 0 saturated carbocycles. The Labute approximate surface area is 257 Å². The summed E-state index contributed by atoms with van der Waals surface area (Å²) < 4.78 is 20.6. The van der Waals surface area contributed by atoms with Crippen LogP contribution in [0.2, 0.25) is 0 Å². The molecule has 3 aromatic carbocycles. The van der Waals surface area contributed by atoms with Gasteiger partial charge in [-0.05, 0) is 47.4 Å². The van der Waals surface area contributed by atoms with Crippen LogP contribution in [0, 0.1) is 5.82 Å². The number of benzene rings is 3. The van der Waals surface area contributed by atoms with E-state index in [1.165, 1.54) is 28.8 Å². The Morgan fingerprint density at radius 1 is 1.07 bits per heavy atom. The number of anilines is 1. The molecular formula is C33H30FN3O4S2. The SMILES string of the molecule is CCCCCOc1cccc(C2C(C(=O)C=Cc3ccccc3)=C(O)C(=O)N2c2nnc(SCc3ccccc3F)s2)c1. The van der Waals surface area contributed by atoms with Gasteiger partial charge in [0.15, 0.2) is 15.9 Å². The van der Waals surface area contributed by atoms with E-state index in [4.69, 9.17) is 4.74 Å². The van der Waals surface area contributed by atoms with E-state index >= 15 is 0 Å². The Bertz CT molecular complexity index is 1650. The molecule has 43 heavy (non-hydrogen) atoms. The Morgan fingerprint density at radius 2 is 1.86 bits per heavy atom. The molecule has 2 heterocycles. The smallest absolute Gasteiger partial charge is 0.296 e. The summed E-state index contributed by atoms with van der Waals surface area (Å²) in [5.74, 6) is -1.29. The number of halogens is 1. The summed E-state index contributed by atoms with van der Waals surface area (Å²) in [5.41, 5.74) is 1.85. The molecule has 0 aliphatic carbocycles. The van der Waals surface area contributed by atoms with Gasteiger partial charge in [-0.1, -0.05) is 110 Å². The molecule has 1 aromatic heterocycles. The summed E-state index contributed by atoms with van der Waals surface area (Å²) >= 11 is 2.42. The molecule has 1 aliphatic heterocycles. The fraction of sp³-hybridized carbons (Fsp3) is 0.212. The van der Waals surface area contributed by atoms with E-state index in [-0.39, 0.29) is 16.5 Å². The second kappa shape index (κ2) is 14.3. The molecule has 1 atom stereocenters. The van der Waals surface area contributed by atoms with E-state index in [9.17, 15) is 19.1 Å². The van der Waals surface area contributed by atoms with E-state index in [1.807, 2.05) is 36.4 Å². The molecule has 0 radical (unpaired) electrons. The zero-order valence-corrected chi connectivity index (χ0v) is 25.1. The van der Waals surface area contributed by atoms with Crippen LogP contribution in [0.15, 0.2) is 101 Å². The number of nitrogens with zero attached hydrogens (tertiary/aromatic N) is 3. The lowest BCUT2D eigenvalue weighted by atomic mass is 9.95. The third kappa shape index (κ3) is 7.21. The number of allylic oxidation sites excluding steroid dienone is 1. The van der Waals surface area contributed by atoms with Crippen molar-refractivity contribution < 1.29 is 23.8 Å². The molecule has 10 heteroatoms. The number of unbranched alkanes of at least 4 members (excludes halogenated alkanes) is 2. The Morgan fingerprint density at radius 3 is 2.65 bits per heavy atom. The molecule has 1 aliphatic rings. The molecule has 0 spiro atoms. The first-order chi connectivity index (χ1) is 21.0. The number of aliphatic hydroxyl groups is 1. The minimum atomic E-state index is -0.961. The van der Waals surface area contributed by atoms with Crippen LogP contribution >= 0.6 is 23.1 Å². The number of aliphatic hydroxyl groups excluding tert-OH is 1. The fourth-order valence-corrected chi connectivity index (χ4v) is 6.48. The van der Waals surface area contributed by atoms with Crippen molar-refractivity contribution in [1.29, 1.82) is 0 Å². The molecular weight excluding hydrogens is 586 g/mol. The van der Waals surface area contributed by atoms with Gasteiger partial charge in [-0.2, -0.15) is 0 Å². The summed E-state index contributed by atoms with van der Waals surface area (Å²) in [6.07, 6.45) is 6.01. The van der Waals surface area contributed by atoms with Gasteiger partial charge in [0.1, 0.15) is 11.6 Å². The molecule has 5 rings (SSSR count). The Kier molecular flexibility index (Phi) is 10.0. The first-order valence-electron chi connectivity index (χ1n) is 13.9. The summed E-state index contributed by atoms with van der Waals surface area (Å²) in [5, 5.41) is 19.7. The minimum absolute atomic E-state index is 0.0592. The van der Waals surface area contributed by atoms with Crippen molar-refractivity contribution in [2.24, 2.45) is 0 Å². The highest BCUT2D eigenvalue weighted by Crippen LogP contribution is 2.44. The number of rotatable bonds is 13. The molecule has 220 valence electrons. The molecule has 0 saturated heterocycles. The maximum Gasteiger partial charge on any atom is 0.296 e. The number of ether oxygens (including phenoxy) is 1. The van der Waals surface area contributed by atoms with Crippen molar-refractivity contribution in [2.75, 3.05) is 11.5 Å². The van der Waals surface area contributed by atoms with Crippen molar-refractivity contribution in [2.45, 2.75) is 42.3 Å². The number of hydrogen-bond acceptors (Lipinski definition) is 8. The zero-order valence-electron chi connectivity index (χ0n) is 23.5. The van der Waals surface area contributed by atoms with E-state index in [2.05, 4.69) is 17.1 Å². The summed E-state index contributed by atoms with van der Waals surface area (Å²) in [6.45, 7) is 2.66. The lowest BCUT2D eigenvalue weighted by molar-refractivity contribution is -0.117. The second-order valence-electron chi connectivity index (χ2n) is 9.81. The standard InChI is InChI=1S/C33H30FN3O4S2/c1-2-3-9-19-41-25-15-10-14-23(20-25)29-28(27(38)18-17-22-11-5-4-6-12-22)30(39)31(40)37(29)32-35-36-33(43-32)42-21-24-13-7-8-16-26(24)34/h4-8,10-18,20,29,39H,2-3,9,19,21H2,1H3. The Hall–Kier alpha value is -4.28. The molecule has 7 nitrogen and oxygen atoms in total. The number of aromatic nitrogens is 2. The van der Waals surface area contributed by atoms with Crippen LogP contribution in [0.25, 0.3) is 6.08 Å². The monoisotopic (exact) mass is 615 g/mol. The Balaban J connectivity index is 1.46. The maximum absolute atomic E-state index is 14.1. The van der Waals surface area contributed by atoms with Crippen LogP contribution in [0.5, 0.6) is 5.75 Å². The second-order valence-corrected chi connectivity index (χ2v) is 12.0. The van der Waals surface area contributed by atoms with Gasteiger partial charge < -0.3 is 9.84 Å². The highest BCUT2D eigenvalue weighted by Gasteiger charge is 2.45. The lowest BCUT2D eigenvalue weighted by Crippen LogP contribution is -2.30. The van der Waals surface area contributed by atoms with Crippen molar-refractivity contribution in [1.82, 2.24) is 10.2 Å². The van der Waals surface area contributed by atoms with Gasteiger partial charge in [0, 0.05) is 5.75 Å². The summed E-state index contributed by atoms with van der Waals surface area (Å²) in [4.78, 5) is 28.4. The zero-order chi connectivity index (χ0) is 30.2. The van der Waals surface area contributed by atoms with E-state index in [0.717, 1.165) is 36.2 Å². The number of thioether (sulfide) groups is 1. The number of ketones is 1. The van der Waals surface area contributed by atoms with Crippen LogP contribution in [-0.4, -0.2) is 33.6 Å². The van der Waals surface area contributed by atoms with Crippen molar-refractivity contribution in [3.8, 4) is 5.75 Å². The summed E-state index contributed by atoms with van der Waals surface area (Å²) in [7, 11) is 0. The average Bonchev–Trinajstić information content (AvgIpc) is 3.60. The first-order valence-corrected chi connectivity index (χ1v) is 15.7. The summed E-state index contributed by atoms with van der Waals surface area (Å²) in [6, 6.07) is 22.0. The topological polar surface area (TPSA) is 92.6 Å². The van der Waals surface area contributed by atoms with Gasteiger partial charge in [0.25, 0.3) is 5.91 Å². The van der Waals surface area contributed by atoms with Gasteiger partial charge >= 0.3 is 0 Å². The average molecular weight is 616 g/mol. The van der Waals surface area contributed by atoms with Crippen LogP contribution in [-0.2, 0) is 15.3 Å². The predicted molar refractivity (Wildman–Crippen MR) is 168 cm³/mol. The highest BCUT2D eigenvalue weighted by atomic mass is 32.2. The number of amides is 1. The van der Waals surface area contributed by atoms with E-state index in [1.54, 1.807) is 42.5 Å². The number of carbonyl (C=O) groups excluding carboxylic acids is 2. The third-order valence-electron chi connectivity index (χ3n) is 6.80. The van der Waals surface area contributed by atoms with Crippen LogP contribution in [0.1, 0.15) is 48.9 Å². The molecule has 0 fully saturated rings. The lowest BCUT2D eigenvalue weighted by Gasteiger charge is -2.24. The number of hydrogen-bond donors (Lipinski definition) is 1. The van der Waals surface area contributed by atoms with Crippen molar-refractivity contribution >= 4 is 46.0 Å². The quantitative estimate of drug-likeness (QED) is 0.0712. The van der Waals surface area contributed by atoms with Gasteiger partial charge in [-0.3, -0.25) is 14.5 Å². The fourth-order valence-electron chi connectivity index (χ4n) is 4.63. The van der Waals surface area contributed by atoms with Crippen LogP contribution in [0.4, 0.5) is 9.52 Å². The predicted octanol–water partition coefficient (Wildman–Crippen LogP) is 7.72. The largest absolute Gasteiger partial charge is 0.503 e. The van der Waals surface area contributed by atoms with Crippen molar-refractivity contribution in [3.05, 3.63) is 119 Å². The van der Waals surface area contributed by atoms with E-state index in [0.29, 0.717) is 33.6 Å². The highest BCUT2D eigenvalue weighted by molar-refractivity contribution is 8.00. The van der Waals surface area contributed by atoms with Gasteiger partial charge in [-0.15, -0.1) is 10.2 Å². The first kappa shape index (κ1) is 30.2. The maximum atomic E-state index is 14.1. The normalized spacial score (nSPS) is 15.1. The molecule has 1 N–H and O–H groups in total. The third-order valence-corrected chi connectivity index (χ3v) is 8.91. The van der Waals surface area contributed by atoms with Gasteiger partial charge in [0.2, 0.25) is 5.13 Å². The molecule has 4 aromatic rings. The van der Waals surface area contributed by atoms with Gasteiger partial charge in [0.05, 0.1) is 18.2 Å². The van der Waals surface area contributed by atoms with E-state index < -0.39 is 23.5 Å². The molecule has 1 unspecified atom stereocenters. The molecule has 1 amide bonds.